The van der Waals surface area contributed by atoms with Gasteiger partial charge in [-0.05, 0) is 25.7 Å². The molecule has 3 nitrogen and oxygen atoms in total. The van der Waals surface area contributed by atoms with Crippen LogP contribution < -0.4 is 11.1 Å². The second-order valence-electron chi connectivity index (χ2n) is 6.54. The molecule has 0 saturated carbocycles. The minimum absolute atomic E-state index is 0.0905. The first-order valence-electron chi connectivity index (χ1n) is 9.31. The lowest BCUT2D eigenvalue weighted by Gasteiger charge is -2.13. The van der Waals surface area contributed by atoms with Crippen LogP contribution in [-0.4, -0.2) is 12.5 Å². The number of carbonyl (C=O) groups excluding carboxylic acids is 1. The van der Waals surface area contributed by atoms with Gasteiger partial charge in [0.15, 0.2) is 0 Å². The van der Waals surface area contributed by atoms with Crippen molar-refractivity contribution in [2.45, 2.75) is 89.9 Å². The monoisotopic (exact) mass is 306 g/mol. The average molecular weight is 306 g/mol. The smallest absolute Gasteiger partial charge is 0.220 e. The van der Waals surface area contributed by atoms with Crippen LogP contribution in [0.25, 0.3) is 0 Å². The van der Waals surface area contributed by atoms with Gasteiger partial charge in [-0.3, -0.25) is 4.79 Å². The lowest BCUT2D eigenvalue weighted by molar-refractivity contribution is -0.122. The molecule has 1 amide bonds. The van der Waals surface area contributed by atoms with E-state index in [1.165, 1.54) is 57.8 Å². The summed E-state index contributed by atoms with van der Waals surface area (Å²) in [6.45, 7) is 0.997. The average Bonchev–Trinajstić information content (AvgIpc) is 2.50. The van der Waals surface area contributed by atoms with Crippen molar-refractivity contribution >= 4 is 5.91 Å². The van der Waals surface area contributed by atoms with E-state index in [-0.39, 0.29) is 11.8 Å². The summed E-state index contributed by atoms with van der Waals surface area (Å²) in [4.78, 5) is 11.5. The summed E-state index contributed by atoms with van der Waals surface area (Å²) >= 11 is 0. The Kier molecular flexibility index (Phi) is 11.6. The van der Waals surface area contributed by atoms with Gasteiger partial charge in [-0.1, -0.05) is 63.7 Å². The number of hydrogen-bond donors (Lipinski definition) is 2. The van der Waals surface area contributed by atoms with Crippen molar-refractivity contribution in [1.29, 1.82) is 0 Å². The molecule has 22 heavy (non-hydrogen) atoms. The molecule has 1 unspecified atom stereocenters. The molecule has 0 aliphatic carbocycles. The zero-order valence-electron chi connectivity index (χ0n) is 14.2. The molecular formula is C19H34N2O. The van der Waals surface area contributed by atoms with E-state index in [2.05, 4.69) is 17.3 Å². The Hall–Kier alpha value is -1.17. The predicted octanol–water partition coefficient (Wildman–Crippen LogP) is 4.11. The van der Waals surface area contributed by atoms with Crippen molar-refractivity contribution < 1.29 is 4.79 Å². The Morgan fingerprint density at radius 2 is 1.36 bits per heavy atom. The van der Waals surface area contributed by atoms with Crippen LogP contribution in [0.5, 0.6) is 0 Å². The van der Waals surface area contributed by atoms with Crippen molar-refractivity contribution in [3.05, 3.63) is 0 Å². The van der Waals surface area contributed by atoms with Gasteiger partial charge in [0.1, 0.15) is 0 Å². The van der Waals surface area contributed by atoms with E-state index in [1.54, 1.807) is 0 Å². The van der Waals surface area contributed by atoms with Gasteiger partial charge < -0.3 is 11.1 Å². The van der Waals surface area contributed by atoms with Gasteiger partial charge in [-0.15, -0.1) is 0 Å². The Morgan fingerprint density at radius 3 is 2.00 bits per heavy atom. The SMILES string of the molecule is NC(=O)C1CCCCCCCCC#CNCCCCCCC1. The normalized spacial score (nSPS) is 23.7. The molecule has 1 heterocycles. The van der Waals surface area contributed by atoms with E-state index in [1.807, 2.05) is 0 Å². The third kappa shape index (κ3) is 10.5. The molecule has 3 heteroatoms. The highest BCUT2D eigenvalue weighted by Crippen LogP contribution is 2.19. The number of rotatable bonds is 1. The summed E-state index contributed by atoms with van der Waals surface area (Å²) in [7, 11) is 0. The fourth-order valence-electron chi connectivity index (χ4n) is 3.06. The first kappa shape index (κ1) is 18.9. The number of amides is 1. The maximum absolute atomic E-state index is 11.5. The fraction of sp³-hybridized carbons (Fsp3) is 0.842. The summed E-state index contributed by atoms with van der Waals surface area (Å²) in [6.07, 6.45) is 16.5. The number of nitrogens with two attached hydrogens (primary N) is 1. The molecule has 1 rings (SSSR count). The van der Waals surface area contributed by atoms with Gasteiger partial charge in [0.2, 0.25) is 5.91 Å². The molecule has 0 radical (unpaired) electrons. The summed E-state index contributed by atoms with van der Waals surface area (Å²) in [5.41, 5.74) is 5.54. The highest BCUT2D eigenvalue weighted by atomic mass is 16.1. The standard InChI is InChI=1S/C19H34N2O/c20-19(22)18-14-10-6-3-1-2-4-8-12-16-21-17-13-9-5-7-11-15-18/h18,21H,1-11,13-15,17H2,(H2,20,22). The highest BCUT2D eigenvalue weighted by Gasteiger charge is 2.14. The van der Waals surface area contributed by atoms with Crippen molar-refractivity contribution in [3.63, 3.8) is 0 Å². The van der Waals surface area contributed by atoms with Crippen molar-refractivity contribution in [1.82, 2.24) is 5.32 Å². The third-order valence-electron chi connectivity index (χ3n) is 4.54. The van der Waals surface area contributed by atoms with E-state index in [0.29, 0.717) is 0 Å². The molecular weight excluding hydrogens is 272 g/mol. The van der Waals surface area contributed by atoms with Crippen LogP contribution in [0.4, 0.5) is 0 Å². The molecule has 0 spiro atoms. The highest BCUT2D eigenvalue weighted by molar-refractivity contribution is 5.76. The molecule has 1 aliphatic heterocycles. The van der Waals surface area contributed by atoms with E-state index >= 15 is 0 Å². The minimum Gasteiger partial charge on any atom is -0.369 e. The maximum atomic E-state index is 11.5. The van der Waals surface area contributed by atoms with E-state index in [0.717, 1.165) is 38.6 Å². The first-order chi connectivity index (χ1) is 10.8. The van der Waals surface area contributed by atoms with E-state index in [9.17, 15) is 4.79 Å². The van der Waals surface area contributed by atoms with Crippen LogP contribution in [0.15, 0.2) is 0 Å². The van der Waals surface area contributed by atoms with Crippen LogP contribution in [0.2, 0.25) is 0 Å². The van der Waals surface area contributed by atoms with Crippen LogP contribution in [0, 0.1) is 17.9 Å². The molecule has 0 aromatic carbocycles. The molecule has 0 aromatic rings. The Balaban J connectivity index is 2.28. The second-order valence-corrected chi connectivity index (χ2v) is 6.54. The molecule has 0 fully saturated rings. The van der Waals surface area contributed by atoms with Crippen LogP contribution >= 0.6 is 0 Å². The van der Waals surface area contributed by atoms with Crippen LogP contribution in [-0.2, 0) is 4.79 Å². The molecule has 1 aliphatic rings. The molecule has 1 atom stereocenters. The van der Waals surface area contributed by atoms with Gasteiger partial charge in [0, 0.05) is 24.9 Å². The van der Waals surface area contributed by atoms with Gasteiger partial charge in [0.25, 0.3) is 0 Å². The van der Waals surface area contributed by atoms with Gasteiger partial charge in [-0.2, -0.15) is 0 Å². The van der Waals surface area contributed by atoms with Crippen molar-refractivity contribution in [3.8, 4) is 12.0 Å². The minimum atomic E-state index is -0.0905. The maximum Gasteiger partial charge on any atom is 0.220 e. The van der Waals surface area contributed by atoms with Crippen LogP contribution in [0.1, 0.15) is 89.9 Å². The lowest BCUT2D eigenvalue weighted by atomic mass is 9.93. The molecule has 126 valence electrons. The number of nitrogens with one attached hydrogen (secondary N) is 1. The topological polar surface area (TPSA) is 55.1 Å². The zero-order valence-corrected chi connectivity index (χ0v) is 14.2. The van der Waals surface area contributed by atoms with E-state index < -0.39 is 0 Å². The van der Waals surface area contributed by atoms with Crippen molar-refractivity contribution in [2.75, 3.05) is 6.54 Å². The van der Waals surface area contributed by atoms with Gasteiger partial charge in [-0.25, -0.2) is 0 Å². The molecule has 0 saturated heterocycles. The number of primary amides is 1. The quantitative estimate of drug-likeness (QED) is 0.716. The Bertz CT molecular complexity index is 319. The van der Waals surface area contributed by atoms with Crippen molar-refractivity contribution in [2.24, 2.45) is 11.7 Å². The molecule has 0 bridgehead atoms. The van der Waals surface area contributed by atoms with Gasteiger partial charge in [0.05, 0.1) is 0 Å². The molecule has 0 aromatic heterocycles. The fourth-order valence-corrected chi connectivity index (χ4v) is 3.06. The summed E-state index contributed by atoms with van der Waals surface area (Å²) in [6, 6.07) is 3.07. The largest absolute Gasteiger partial charge is 0.369 e. The second kappa shape index (κ2) is 13.5. The third-order valence-corrected chi connectivity index (χ3v) is 4.54. The summed E-state index contributed by atoms with van der Waals surface area (Å²) in [5.74, 6) is 3.22. The summed E-state index contributed by atoms with van der Waals surface area (Å²) in [5, 5.41) is 3.20. The lowest BCUT2D eigenvalue weighted by Crippen LogP contribution is -2.23. The predicted molar refractivity (Wildman–Crippen MR) is 93.1 cm³/mol. The molecule has 3 N–H and O–H groups in total. The van der Waals surface area contributed by atoms with Gasteiger partial charge >= 0.3 is 0 Å². The summed E-state index contributed by atoms with van der Waals surface area (Å²) < 4.78 is 0. The Labute approximate surface area is 136 Å². The Morgan fingerprint density at radius 1 is 0.818 bits per heavy atom. The number of hydrogen-bond acceptors (Lipinski definition) is 2. The van der Waals surface area contributed by atoms with E-state index in [4.69, 9.17) is 5.73 Å². The van der Waals surface area contributed by atoms with Crippen LogP contribution in [0.3, 0.4) is 0 Å². The number of carbonyl (C=O) groups is 1. The first-order valence-corrected chi connectivity index (χ1v) is 9.31. The zero-order chi connectivity index (χ0) is 15.9.